The zero-order chi connectivity index (χ0) is 11.1. The van der Waals surface area contributed by atoms with Gasteiger partial charge in [0.25, 0.3) is 0 Å². The Morgan fingerprint density at radius 3 is 2.87 bits per heavy atom. The summed E-state index contributed by atoms with van der Waals surface area (Å²) >= 11 is 0. The summed E-state index contributed by atoms with van der Waals surface area (Å²) in [5.74, 6) is 0. The fraction of sp³-hybridized carbons (Fsp3) is 0.417. The van der Waals surface area contributed by atoms with Gasteiger partial charge in [0.15, 0.2) is 0 Å². The Hall–Kier alpha value is -1.35. The van der Waals surface area contributed by atoms with Crippen molar-refractivity contribution in [3.8, 4) is 0 Å². The van der Waals surface area contributed by atoms with E-state index in [0.717, 1.165) is 17.8 Å². The Labute approximate surface area is 89.9 Å². The van der Waals surface area contributed by atoms with Crippen molar-refractivity contribution >= 4 is 5.65 Å². The standard InChI is InChI=1S/C12H17N3/c1-9-4-5-15-10(7-12(2,3)13)8-14-11(15)6-9/h4-6,8H,7,13H2,1-3H3. The van der Waals surface area contributed by atoms with E-state index in [1.807, 2.05) is 20.0 Å². The molecule has 3 nitrogen and oxygen atoms in total. The molecule has 0 spiro atoms. The fourth-order valence-corrected chi connectivity index (χ4v) is 1.73. The molecule has 2 aromatic rings. The van der Waals surface area contributed by atoms with Crippen molar-refractivity contribution in [1.29, 1.82) is 0 Å². The van der Waals surface area contributed by atoms with Crippen LogP contribution in [0, 0.1) is 6.92 Å². The quantitative estimate of drug-likeness (QED) is 0.810. The second-order valence-corrected chi connectivity index (χ2v) is 4.85. The van der Waals surface area contributed by atoms with Crippen molar-refractivity contribution in [2.75, 3.05) is 0 Å². The van der Waals surface area contributed by atoms with Gasteiger partial charge in [-0.1, -0.05) is 0 Å². The molecule has 2 heterocycles. The number of fused-ring (bicyclic) bond motifs is 1. The molecule has 0 bridgehead atoms. The molecule has 0 atom stereocenters. The third-order valence-electron chi connectivity index (χ3n) is 2.38. The minimum atomic E-state index is -0.194. The molecule has 0 unspecified atom stereocenters. The van der Waals surface area contributed by atoms with E-state index in [1.165, 1.54) is 5.56 Å². The maximum Gasteiger partial charge on any atom is 0.137 e. The van der Waals surface area contributed by atoms with Crippen molar-refractivity contribution in [3.05, 3.63) is 35.8 Å². The molecular formula is C12H17N3. The van der Waals surface area contributed by atoms with Crippen molar-refractivity contribution in [3.63, 3.8) is 0 Å². The molecule has 0 aromatic carbocycles. The number of nitrogens with two attached hydrogens (primary N) is 1. The second-order valence-electron chi connectivity index (χ2n) is 4.85. The van der Waals surface area contributed by atoms with Crippen LogP contribution >= 0.6 is 0 Å². The number of aryl methyl sites for hydroxylation is 1. The first-order chi connectivity index (χ1) is 6.96. The highest BCUT2D eigenvalue weighted by atomic mass is 15.0. The highest BCUT2D eigenvalue weighted by Gasteiger charge is 2.14. The van der Waals surface area contributed by atoms with E-state index in [1.54, 1.807) is 0 Å². The predicted octanol–water partition coefficient (Wildman–Crippen LogP) is 1.92. The van der Waals surface area contributed by atoms with Crippen LogP contribution in [0.2, 0.25) is 0 Å². The van der Waals surface area contributed by atoms with Crippen molar-refractivity contribution in [2.45, 2.75) is 32.7 Å². The molecule has 0 aliphatic rings. The van der Waals surface area contributed by atoms with Crippen LogP contribution in [0.15, 0.2) is 24.5 Å². The molecule has 0 saturated carbocycles. The molecule has 0 radical (unpaired) electrons. The third kappa shape index (κ3) is 2.18. The largest absolute Gasteiger partial charge is 0.325 e. The zero-order valence-electron chi connectivity index (χ0n) is 9.49. The lowest BCUT2D eigenvalue weighted by Gasteiger charge is -2.17. The average Bonchev–Trinajstić information content (AvgIpc) is 2.45. The predicted molar refractivity (Wildman–Crippen MR) is 61.9 cm³/mol. The summed E-state index contributed by atoms with van der Waals surface area (Å²) in [4.78, 5) is 4.37. The molecule has 2 N–H and O–H groups in total. The molecule has 0 amide bonds. The summed E-state index contributed by atoms with van der Waals surface area (Å²) in [7, 11) is 0. The Balaban J connectivity index is 2.45. The van der Waals surface area contributed by atoms with Crippen LogP contribution in [-0.2, 0) is 6.42 Å². The van der Waals surface area contributed by atoms with Crippen molar-refractivity contribution < 1.29 is 0 Å². The fourth-order valence-electron chi connectivity index (χ4n) is 1.73. The summed E-state index contributed by atoms with van der Waals surface area (Å²) in [6, 6.07) is 4.16. The van der Waals surface area contributed by atoms with E-state index in [2.05, 4.69) is 34.6 Å². The van der Waals surface area contributed by atoms with E-state index in [0.29, 0.717) is 0 Å². The molecule has 2 aromatic heterocycles. The lowest BCUT2D eigenvalue weighted by Crippen LogP contribution is -2.34. The average molecular weight is 203 g/mol. The monoisotopic (exact) mass is 203 g/mol. The van der Waals surface area contributed by atoms with Gasteiger partial charge < -0.3 is 10.1 Å². The maximum absolute atomic E-state index is 6.01. The van der Waals surface area contributed by atoms with Gasteiger partial charge in [0.2, 0.25) is 0 Å². The highest BCUT2D eigenvalue weighted by molar-refractivity contribution is 5.43. The van der Waals surface area contributed by atoms with Crippen LogP contribution in [-0.4, -0.2) is 14.9 Å². The molecule has 0 saturated heterocycles. The Morgan fingerprint density at radius 1 is 1.47 bits per heavy atom. The van der Waals surface area contributed by atoms with Crippen LogP contribution in [0.4, 0.5) is 0 Å². The third-order valence-corrected chi connectivity index (χ3v) is 2.38. The normalized spacial score (nSPS) is 12.3. The van der Waals surface area contributed by atoms with Gasteiger partial charge >= 0.3 is 0 Å². The first kappa shape index (κ1) is 10.2. The summed E-state index contributed by atoms with van der Waals surface area (Å²) in [6.07, 6.45) is 4.79. The number of aromatic nitrogens is 2. The van der Waals surface area contributed by atoms with Gasteiger partial charge in [-0.3, -0.25) is 0 Å². The topological polar surface area (TPSA) is 43.3 Å². The summed E-state index contributed by atoms with van der Waals surface area (Å²) in [6.45, 7) is 6.13. The Bertz CT molecular complexity index is 477. The molecule has 0 aliphatic carbocycles. The van der Waals surface area contributed by atoms with Gasteiger partial charge in [0, 0.05) is 30.0 Å². The molecule has 3 heteroatoms. The summed E-state index contributed by atoms with van der Waals surface area (Å²) in [5.41, 5.74) is 9.20. The van der Waals surface area contributed by atoms with E-state index in [9.17, 15) is 0 Å². The van der Waals surface area contributed by atoms with Crippen LogP contribution in [0.1, 0.15) is 25.1 Å². The van der Waals surface area contributed by atoms with Crippen LogP contribution in [0.5, 0.6) is 0 Å². The number of imidazole rings is 1. The lowest BCUT2D eigenvalue weighted by molar-refractivity contribution is 0.508. The second kappa shape index (κ2) is 3.35. The lowest BCUT2D eigenvalue weighted by atomic mass is 10.0. The molecule has 0 fully saturated rings. The Kier molecular flexibility index (Phi) is 2.27. The van der Waals surface area contributed by atoms with E-state index in [4.69, 9.17) is 5.73 Å². The highest BCUT2D eigenvalue weighted by Crippen LogP contribution is 2.13. The molecule has 80 valence electrons. The number of rotatable bonds is 2. The molecule has 0 aliphatic heterocycles. The van der Waals surface area contributed by atoms with Crippen LogP contribution in [0.3, 0.4) is 0 Å². The maximum atomic E-state index is 6.01. The minimum absolute atomic E-state index is 0.194. The minimum Gasteiger partial charge on any atom is -0.325 e. The van der Waals surface area contributed by atoms with Gasteiger partial charge in [0.1, 0.15) is 5.65 Å². The smallest absolute Gasteiger partial charge is 0.137 e. The number of hydrogen-bond donors (Lipinski definition) is 1. The molecule has 15 heavy (non-hydrogen) atoms. The van der Waals surface area contributed by atoms with E-state index >= 15 is 0 Å². The molecular weight excluding hydrogens is 186 g/mol. The number of nitrogens with zero attached hydrogens (tertiary/aromatic N) is 2. The summed E-state index contributed by atoms with van der Waals surface area (Å²) in [5, 5.41) is 0. The van der Waals surface area contributed by atoms with Gasteiger partial charge in [-0.2, -0.15) is 0 Å². The van der Waals surface area contributed by atoms with Crippen LogP contribution < -0.4 is 5.73 Å². The van der Waals surface area contributed by atoms with Gasteiger partial charge in [-0.25, -0.2) is 4.98 Å². The van der Waals surface area contributed by atoms with Crippen LogP contribution in [0.25, 0.3) is 5.65 Å². The SMILES string of the molecule is Cc1ccn2c(CC(C)(C)N)cnc2c1. The first-order valence-electron chi connectivity index (χ1n) is 5.17. The first-order valence-corrected chi connectivity index (χ1v) is 5.17. The van der Waals surface area contributed by atoms with Gasteiger partial charge in [-0.05, 0) is 38.5 Å². The van der Waals surface area contributed by atoms with Crippen molar-refractivity contribution in [2.24, 2.45) is 5.73 Å². The Morgan fingerprint density at radius 2 is 2.20 bits per heavy atom. The van der Waals surface area contributed by atoms with Crippen molar-refractivity contribution in [1.82, 2.24) is 9.38 Å². The number of hydrogen-bond acceptors (Lipinski definition) is 2. The molecule has 2 rings (SSSR count). The van der Waals surface area contributed by atoms with E-state index < -0.39 is 0 Å². The number of pyridine rings is 1. The summed E-state index contributed by atoms with van der Waals surface area (Å²) < 4.78 is 2.10. The van der Waals surface area contributed by atoms with Gasteiger partial charge in [-0.15, -0.1) is 0 Å². The zero-order valence-corrected chi connectivity index (χ0v) is 9.49. The van der Waals surface area contributed by atoms with Gasteiger partial charge in [0.05, 0.1) is 0 Å². The van der Waals surface area contributed by atoms with E-state index in [-0.39, 0.29) is 5.54 Å².